The largest absolute Gasteiger partial charge is 0.490 e. The van der Waals surface area contributed by atoms with E-state index < -0.39 is 42.3 Å². The Morgan fingerprint density at radius 2 is 1.52 bits per heavy atom. The number of hydrogen-bond donors (Lipinski definition) is 4. The van der Waals surface area contributed by atoms with E-state index in [1.807, 2.05) is 0 Å². The molecule has 1 aliphatic rings. The van der Waals surface area contributed by atoms with Gasteiger partial charge in [0.15, 0.2) is 0 Å². The lowest BCUT2D eigenvalue weighted by Gasteiger charge is -2.19. The van der Waals surface area contributed by atoms with Crippen molar-refractivity contribution < 1.29 is 55.9 Å². The van der Waals surface area contributed by atoms with E-state index in [1.165, 1.54) is 0 Å². The van der Waals surface area contributed by atoms with Gasteiger partial charge in [0.05, 0.1) is 18.8 Å². The molecule has 1 saturated heterocycles. The Hall–Kier alpha value is 0.330. The molecule has 15 heteroatoms. The number of hydrogen-bond acceptors (Lipinski definition) is 9. The number of phosphoric acid groups is 3. The van der Waals surface area contributed by atoms with Crippen molar-refractivity contribution in [3.8, 4) is 0 Å². The maximum Gasteiger partial charge on any atom is 0.490 e. The van der Waals surface area contributed by atoms with Crippen molar-refractivity contribution in [2.45, 2.75) is 32.2 Å². The standard InChI is InChI=1S/C8H19O12P3/c1-5-6(2)18-7(8(5)9)4-17-22(12,13)20-23(14,15)19-21(10,11)16-3/h5-9H,4H2,1-3H3,(H,10,11)(H,12,13)(H,14,15)/t5?,6-,7+,8+/m0/s1. The molecule has 1 aliphatic heterocycles. The van der Waals surface area contributed by atoms with E-state index in [2.05, 4.69) is 17.7 Å². The lowest BCUT2D eigenvalue weighted by Crippen LogP contribution is -2.29. The van der Waals surface area contributed by atoms with Crippen LogP contribution in [0.3, 0.4) is 0 Å². The van der Waals surface area contributed by atoms with Crippen molar-refractivity contribution in [1.82, 2.24) is 0 Å². The van der Waals surface area contributed by atoms with Gasteiger partial charge < -0.3 is 24.5 Å². The second kappa shape index (κ2) is 7.70. The topological polar surface area (TPSA) is 178 Å². The lowest BCUT2D eigenvalue weighted by molar-refractivity contribution is -0.0167. The maximum absolute atomic E-state index is 11.6. The van der Waals surface area contributed by atoms with Gasteiger partial charge in [-0.2, -0.15) is 8.62 Å². The molecule has 1 heterocycles. The summed E-state index contributed by atoms with van der Waals surface area (Å²) in [5, 5.41) is 9.81. The van der Waals surface area contributed by atoms with Crippen LogP contribution in [0, 0.1) is 5.92 Å². The summed E-state index contributed by atoms with van der Waals surface area (Å²) >= 11 is 0. The predicted octanol–water partition coefficient (Wildman–Crippen LogP) is 0.768. The number of aliphatic hydroxyl groups excluding tert-OH is 1. The molecule has 0 saturated carbocycles. The van der Waals surface area contributed by atoms with Crippen molar-refractivity contribution in [3.63, 3.8) is 0 Å². The van der Waals surface area contributed by atoms with Gasteiger partial charge in [-0.05, 0) is 6.92 Å². The van der Waals surface area contributed by atoms with Crippen molar-refractivity contribution in [2.75, 3.05) is 13.7 Å². The predicted molar refractivity (Wildman–Crippen MR) is 74.1 cm³/mol. The number of phosphoric ester groups is 2. The summed E-state index contributed by atoms with van der Waals surface area (Å²) in [5.74, 6) is -0.253. The zero-order chi connectivity index (χ0) is 18.1. The monoisotopic (exact) mass is 400 g/mol. The molecule has 138 valence electrons. The van der Waals surface area contributed by atoms with Crippen LogP contribution in [-0.2, 0) is 36.1 Å². The quantitative estimate of drug-likeness (QED) is 0.421. The van der Waals surface area contributed by atoms with Crippen LogP contribution >= 0.6 is 23.5 Å². The van der Waals surface area contributed by atoms with E-state index in [9.17, 15) is 23.7 Å². The highest BCUT2D eigenvalue weighted by atomic mass is 31.3. The molecule has 0 aliphatic carbocycles. The van der Waals surface area contributed by atoms with Crippen LogP contribution in [-0.4, -0.2) is 51.8 Å². The van der Waals surface area contributed by atoms with Crippen LogP contribution in [0.15, 0.2) is 0 Å². The van der Waals surface area contributed by atoms with E-state index in [0.29, 0.717) is 7.11 Å². The Bertz CT molecular complexity index is 550. The first-order chi connectivity index (χ1) is 10.3. The molecule has 0 radical (unpaired) electrons. The lowest BCUT2D eigenvalue weighted by atomic mass is 10.00. The molecule has 23 heavy (non-hydrogen) atoms. The van der Waals surface area contributed by atoms with Gasteiger partial charge in [-0.25, -0.2) is 13.7 Å². The summed E-state index contributed by atoms with van der Waals surface area (Å²) in [7, 11) is -14.8. The molecule has 0 aromatic carbocycles. The molecular formula is C8H19O12P3. The Kier molecular flexibility index (Phi) is 7.15. The van der Waals surface area contributed by atoms with Crippen LogP contribution in [0.4, 0.5) is 0 Å². The third-order valence-electron chi connectivity index (χ3n) is 3.09. The van der Waals surface area contributed by atoms with E-state index in [0.717, 1.165) is 0 Å². The van der Waals surface area contributed by atoms with Crippen LogP contribution in [0.2, 0.25) is 0 Å². The van der Waals surface area contributed by atoms with Crippen molar-refractivity contribution in [3.05, 3.63) is 0 Å². The minimum atomic E-state index is -5.43. The molecule has 1 fully saturated rings. The van der Waals surface area contributed by atoms with Gasteiger partial charge >= 0.3 is 23.5 Å². The summed E-state index contributed by atoms with van der Waals surface area (Å²) in [6.45, 7) is 2.76. The second-order valence-electron chi connectivity index (χ2n) is 4.78. The zero-order valence-electron chi connectivity index (χ0n) is 12.4. The number of rotatable bonds is 8. The average Bonchev–Trinajstić information content (AvgIpc) is 2.61. The molecule has 0 bridgehead atoms. The Morgan fingerprint density at radius 3 is 1.96 bits per heavy atom. The minimum Gasteiger partial charge on any atom is -0.390 e. The van der Waals surface area contributed by atoms with Gasteiger partial charge in [0.25, 0.3) is 0 Å². The van der Waals surface area contributed by atoms with Gasteiger partial charge in [-0.15, -0.1) is 0 Å². The average molecular weight is 400 g/mol. The molecule has 0 amide bonds. The third kappa shape index (κ3) is 6.62. The van der Waals surface area contributed by atoms with Crippen LogP contribution in [0.5, 0.6) is 0 Å². The fraction of sp³-hybridized carbons (Fsp3) is 1.00. The molecule has 0 spiro atoms. The first-order valence-corrected chi connectivity index (χ1v) is 10.7. The van der Waals surface area contributed by atoms with E-state index in [-0.39, 0.29) is 12.0 Å². The molecule has 7 atom stereocenters. The first-order valence-electron chi connectivity index (χ1n) is 6.23. The molecule has 0 aromatic heterocycles. The van der Waals surface area contributed by atoms with Gasteiger partial charge in [0.2, 0.25) is 0 Å². The molecule has 12 nitrogen and oxygen atoms in total. The fourth-order valence-electron chi connectivity index (χ4n) is 1.73. The van der Waals surface area contributed by atoms with Gasteiger partial charge in [0.1, 0.15) is 6.10 Å². The van der Waals surface area contributed by atoms with Gasteiger partial charge in [-0.1, -0.05) is 6.92 Å². The Labute approximate surface area is 132 Å². The fourth-order valence-corrected chi connectivity index (χ4v) is 5.00. The third-order valence-corrected chi connectivity index (χ3v) is 7.33. The Morgan fingerprint density at radius 1 is 1.00 bits per heavy atom. The highest BCUT2D eigenvalue weighted by Gasteiger charge is 2.44. The van der Waals surface area contributed by atoms with Crippen LogP contribution in [0.25, 0.3) is 0 Å². The number of ether oxygens (including phenoxy) is 1. The SMILES string of the molecule is COP(=O)(O)OP(=O)(O)OP(=O)(O)OC[C@H]1O[C@@H](C)C(C)[C@H]1O. The van der Waals surface area contributed by atoms with E-state index >= 15 is 0 Å². The van der Waals surface area contributed by atoms with Crippen molar-refractivity contribution in [1.29, 1.82) is 0 Å². The molecule has 0 aromatic rings. The zero-order valence-corrected chi connectivity index (χ0v) is 15.1. The second-order valence-corrected chi connectivity index (χ2v) is 9.52. The summed E-state index contributed by atoms with van der Waals surface area (Å²) in [4.78, 5) is 27.4. The van der Waals surface area contributed by atoms with Crippen molar-refractivity contribution >= 4 is 23.5 Å². The molecule has 1 rings (SSSR count). The van der Waals surface area contributed by atoms with Gasteiger partial charge in [-0.3, -0.25) is 9.05 Å². The summed E-state index contributed by atoms with van der Waals surface area (Å²) in [6.07, 6.45) is -2.26. The molecule has 4 unspecified atom stereocenters. The maximum atomic E-state index is 11.6. The normalized spacial score (nSPS) is 36.1. The highest BCUT2D eigenvalue weighted by Crippen LogP contribution is 2.67. The minimum absolute atomic E-state index is 0.253. The van der Waals surface area contributed by atoms with Crippen LogP contribution < -0.4 is 0 Å². The van der Waals surface area contributed by atoms with Crippen LogP contribution in [0.1, 0.15) is 13.8 Å². The first kappa shape index (κ1) is 21.4. The summed E-state index contributed by atoms with van der Waals surface area (Å²) in [5.41, 5.74) is 0. The van der Waals surface area contributed by atoms with Gasteiger partial charge in [0, 0.05) is 13.0 Å². The van der Waals surface area contributed by atoms with E-state index in [4.69, 9.17) is 14.5 Å². The summed E-state index contributed by atoms with van der Waals surface area (Å²) < 4.78 is 55.1. The summed E-state index contributed by atoms with van der Waals surface area (Å²) in [6, 6.07) is 0. The molecule has 4 N–H and O–H groups in total. The Balaban J connectivity index is 2.61. The molecular weight excluding hydrogens is 381 g/mol. The van der Waals surface area contributed by atoms with E-state index in [1.54, 1.807) is 13.8 Å². The van der Waals surface area contributed by atoms with Crippen molar-refractivity contribution in [2.24, 2.45) is 5.92 Å². The number of aliphatic hydroxyl groups is 1. The smallest absolute Gasteiger partial charge is 0.390 e. The highest BCUT2D eigenvalue weighted by molar-refractivity contribution is 7.66.